The minimum Gasteiger partial charge on any atom is -0.493 e. The lowest BCUT2D eigenvalue weighted by Crippen LogP contribution is -2.46. The largest absolute Gasteiger partial charge is 0.493 e. The molecule has 1 aliphatic heterocycles. The number of nitrogens with zero attached hydrogens (tertiary/aromatic N) is 1. The molecule has 3 aromatic rings. The van der Waals surface area contributed by atoms with Gasteiger partial charge in [-0.2, -0.15) is 0 Å². The molecule has 0 aliphatic carbocycles. The van der Waals surface area contributed by atoms with Crippen LogP contribution in [0.4, 0.5) is 10.1 Å². The van der Waals surface area contributed by atoms with Crippen LogP contribution in [-0.2, 0) is 24.1 Å². The number of benzene rings is 3. The van der Waals surface area contributed by atoms with Crippen molar-refractivity contribution in [2.45, 2.75) is 32.0 Å². The van der Waals surface area contributed by atoms with Crippen molar-refractivity contribution in [2.75, 3.05) is 18.1 Å². The molecule has 0 fully saturated rings. The Balaban J connectivity index is 0.00000342. The van der Waals surface area contributed by atoms with Crippen LogP contribution in [0, 0.1) is 5.92 Å². The lowest BCUT2D eigenvalue weighted by Gasteiger charge is -2.34. The number of halogens is 4. The van der Waals surface area contributed by atoms with E-state index < -0.39 is 12.2 Å². The Labute approximate surface area is 221 Å². The summed E-state index contributed by atoms with van der Waals surface area (Å²) in [7, 11) is 0. The summed E-state index contributed by atoms with van der Waals surface area (Å²) in [6.45, 7) is 0.569. The fourth-order valence-corrected chi connectivity index (χ4v) is 4.87. The molecule has 3 aromatic carbocycles. The number of carbonyl (C=O) groups is 1. The number of ether oxygens (including phenoxy) is 1. The molecule has 8 heteroatoms. The molecule has 186 valence electrons. The van der Waals surface area contributed by atoms with Crippen molar-refractivity contribution in [3.8, 4) is 5.75 Å². The average Bonchev–Trinajstić information content (AvgIpc) is 2.85. The van der Waals surface area contributed by atoms with E-state index >= 15 is 0 Å². The maximum atomic E-state index is 14.8. The Morgan fingerprint density at radius 1 is 1.06 bits per heavy atom. The predicted octanol–water partition coefficient (Wildman–Crippen LogP) is 6.43. The van der Waals surface area contributed by atoms with Crippen molar-refractivity contribution in [2.24, 2.45) is 11.7 Å². The first-order chi connectivity index (χ1) is 16.5. The van der Waals surface area contributed by atoms with Gasteiger partial charge >= 0.3 is 0 Å². The molecule has 2 atom stereocenters. The Kier molecular flexibility index (Phi) is 9.81. The van der Waals surface area contributed by atoms with Crippen LogP contribution in [0.2, 0.25) is 10.0 Å². The van der Waals surface area contributed by atoms with Crippen molar-refractivity contribution >= 4 is 47.2 Å². The number of carbonyl (C=O) groups excluding carboxylic acids is 1. The van der Waals surface area contributed by atoms with Crippen LogP contribution in [0.25, 0.3) is 0 Å². The van der Waals surface area contributed by atoms with E-state index in [2.05, 4.69) is 0 Å². The second-order valence-electron chi connectivity index (χ2n) is 8.39. The highest BCUT2D eigenvalue weighted by molar-refractivity contribution is 6.36. The third-order valence-electron chi connectivity index (χ3n) is 6.14. The third-order valence-corrected chi connectivity index (χ3v) is 6.85. The number of nitrogens with two attached hydrogens (primary N) is 1. The standard InChI is InChI=1S/C27H27Cl2FN2O2.ClH/c28-23-5-3-6-24(29)22(23)14-15-34-21-11-8-18(9-12-21)16-20(17-31)27(33)32-25-7-2-1-4-19(25)10-13-26(32)30;/h1-9,11-12,20,26H,10,13-17,31H2;1H. The summed E-state index contributed by atoms with van der Waals surface area (Å²) in [4.78, 5) is 14.5. The summed E-state index contributed by atoms with van der Waals surface area (Å²) >= 11 is 12.4. The van der Waals surface area contributed by atoms with Gasteiger partial charge in [-0.05, 0) is 59.9 Å². The fourth-order valence-electron chi connectivity index (χ4n) is 4.29. The van der Waals surface area contributed by atoms with Gasteiger partial charge < -0.3 is 10.5 Å². The van der Waals surface area contributed by atoms with Crippen molar-refractivity contribution in [3.63, 3.8) is 0 Å². The van der Waals surface area contributed by atoms with Gasteiger partial charge in [0.2, 0.25) is 5.91 Å². The van der Waals surface area contributed by atoms with Crippen molar-refractivity contribution < 1.29 is 13.9 Å². The van der Waals surface area contributed by atoms with E-state index in [9.17, 15) is 9.18 Å². The normalized spacial score (nSPS) is 15.7. The van der Waals surface area contributed by atoms with Gasteiger partial charge in [-0.1, -0.05) is 59.6 Å². The van der Waals surface area contributed by atoms with E-state index in [1.165, 1.54) is 4.90 Å². The number of rotatable bonds is 8. The SMILES string of the molecule is Cl.NCC(Cc1ccc(OCCc2c(Cl)cccc2Cl)cc1)C(=O)N1c2ccccc2CCC1F. The van der Waals surface area contributed by atoms with E-state index in [1.54, 1.807) is 18.2 Å². The molecule has 0 saturated carbocycles. The van der Waals surface area contributed by atoms with Crippen LogP contribution >= 0.6 is 35.6 Å². The molecule has 2 N–H and O–H groups in total. The number of alkyl halides is 1. The Bertz CT molecular complexity index is 1120. The first-order valence-corrected chi connectivity index (χ1v) is 12.1. The molecule has 0 saturated heterocycles. The quantitative estimate of drug-likeness (QED) is 0.337. The summed E-state index contributed by atoms with van der Waals surface area (Å²) in [6, 6.07) is 20.4. The molecule has 1 amide bonds. The predicted molar refractivity (Wildman–Crippen MR) is 143 cm³/mol. The zero-order valence-corrected chi connectivity index (χ0v) is 21.5. The summed E-state index contributed by atoms with van der Waals surface area (Å²) < 4.78 is 20.6. The summed E-state index contributed by atoms with van der Waals surface area (Å²) in [5, 5.41) is 1.24. The number of hydrogen-bond donors (Lipinski definition) is 1. The number of fused-ring (bicyclic) bond motifs is 1. The molecule has 1 aliphatic rings. The maximum Gasteiger partial charge on any atom is 0.234 e. The molecule has 35 heavy (non-hydrogen) atoms. The molecule has 0 spiro atoms. The Morgan fingerprint density at radius 2 is 1.74 bits per heavy atom. The lowest BCUT2D eigenvalue weighted by molar-refractivity contribution is -0.123. The first-order valence-electron chi connectivity index (χ1n) is 11.4. The van der Waals surface area contributed by atoms with Crippen LogP contribution in [0.15, 0.2) is 66.7 Å². The highest BCUT2D eigenvalue weighted by Gasteiger charge is 2.34. The van der Waals surface area contributed by atoms with Crippen LogP contribution in [-0.4, -0.2) is 25.4 Å². The smallest absolute Gasteiger partial charge is 0.234 e. The van der Waals surface area contributed by atoms with Gasteiger partial charge in [0.1, 0.15) is 5.75 Å². The summed E-state index contributed by atoms with van der Waals surface area (Å²) in [5.74, 6) is -0.0889. The van der Waals surface area contributed by atoms with Crippen LogP contribution in [0.3, 0.4) is 0 Å². The highest BCUT2D eigenvalue weighted by atomic mass is 35.5. The van der Waals surface area contributed by atoms with Gasteiger partial charge in [-0.25, -0.2) is 4.39 Å². The van der Waals surface area contributed by atoms with E-state index in [1.807, 2.05) is 48.5 Å². The molecular weight excluding hydrogens is 510 g/mol. The zero-order chi connectivity index (χ0) is 24.1. The second kappa shape index (κ2) is 12.6. The summed E-state index contributed by atoms with van der Waals surface area (Å²) in [6.07, 6.45) is 0.602. The molecule has 0 radical (unpaired) electrons. The molecule has 4 rings (SSSR count). The van der Waals surface area contributed by atoms with Crippen molar-refractivity contribution in [3.05, 3.63) is 93.5 Å². The van der Waals surface area contributed by atoms with Crippen LogP contribution in [0.1, 0.15) is 23.1 Å². The van der Waals surface area contributed by atoms with E-state index in [4.69, 9.17) is 33.7 Å². The molecule has 1 heterocycles. The second-order valence-corrected chi connectivity index (χ2v) is 9.20. The van der Waals surface area contributed by atoms with E-state index in [0.29, 0.717) is 53.8 Å². The number of anilines is 1. The molecular formula is C27H28Cl3FN2O2. The van der Waals surface area contributed by atoms with Gasteiger partial charge in [0.25, 0.3) is 0 Å². The minimum atomic E-state index is -1.33. The lowest BCUT2D eigenvalue weighted by atomic mass is 9.94. The summed E-state index contributed by atoms with van der Waals surface area (Å²) in [5.41, 5.74) is 9.38. The monoisotopic (exact) mass is 536 g/mol. The number of amides is 1. The van der Waals surface area contributed by atoms with E-state index in [0.717, 1.165) is 16.7 Å². The zero-order valence-electron chi connectivity index (χ0n) is 19.1. The van der Waals surface area contributed by atoms with Gasteiger partial charge in [-0.3, -0.25) is 9.69 Å². The Morgan fingerprint density at radius 3 is 2.43 bits per heavy atom. The topological polar surface area (TPSA) is 55.6 Å². The Hall–Kier alpha value is -2.31. The number of aryl methyl sites for hydroxylation is 1. The van der Waals surface area contributed by atoms with Crippen molar-refractivity contribution in [1.82, 2.24) is 0 Å². The molecule has 2 unspecified atom stereocenters. The molecule has 0 aromatic heterocycles. The fraction of sp³-hybridized carbons (Fsp3) is 0.296. The van der Waals surface area contributed by atoms with Gasteiger partial charge in [-0.15, -0.1) is 12.4 Å². The van der Waals surface area contributed by atoms with Crippen LogP contribution in [0.5, 0.6) is 5.75 Å². The van der Waals surface area contributed by atoms with Crippen molar-refractivity contribution in [1.29, 1.82) is 0 Å². The average molecular weight is 538 g/mol. The van der Waals surface area contributed by atoms with Gasteiger partial charge in [0.15, 0.2) is 6.30 Å². The van der Waals surface area contributed by atoms with Crippen LogP contribution < -0.4 is 15.4 Å². The number of hydrogen-bond acceptors (Lipinski definition) is 3. The molecule has 0 bridgehead atoms. The minimum absolute atomic E-state index is 0. The maximum absolute atomic E-state index is 14.8. The van der Waals surface area contributed by atoms with Gasteiger partial charge in [0.05, 0.1) is 12.5 Å². The first kappa shape index (κ1) is 27.3. The third kappa shape index (κ3) is 6.47. The highest BCUT2D eigenvalue weighted by Crippen LogP contribution is 2.33. The van der Waals surface area contributed by atoms with E-state index in [-0.39, 0.29) is 24.9 Å². The molecule has 4 nitrogen and oxygen atoms in total. The number of para-hydroxylation sites is 1. The van der Waals surface area contributed by atoms with Gasteiger partial charge in [0, 0.05) is 35.1 Å².